The van der Waals surface area contributed by atoms with Gasteiger partial charge in [-0.2, -0.15) is 0 Å². The van der Waals surface area contributed by atoms with Gasteiger partial charge in [0.1, 0.15) is 11.6 Å². The number of aromatic nitrogens is 2. The van der Waals surface area contributed by atoms with E-state index in [1.54, 1.807) is 24.3 Å². The highest BCUT2D eigenvalue weighted by atomic mass is 79.9. The molecule has 9 heteroatoms. The highest BCUT2D eigenvalue weighted by Gasteiger charge is 2.24. The second kappa shape index (κ2) is 6.89. The van der Waals surface area contributed by atoms with Crippen LogP contribution in [0.2, 0.25) is 0 Å². The van der Waals surface area contributed by atoms with Gasteiger partial charge in [0.2, 0.25) is 5.69 Å². The first-order valence-electron chi connectivity index (χ1n) is 6.98. The SMILES string of the molecule is COc1ccc(-[n+]2[nH]oc(=O)c2C([O-])=Nc2ccc(Br)cc2F)cc1. The van der Waals surface area contributed by atoms with Gasteiger partial charge in [-0.1, -0.05) is 15.9 Å². The van der Waals surface area contributed by atoms with Crippen LogP contribution >= 0.6 is 15.9 Å². The number of halogens is 2. The van der Waals surface area contributed by atoms with E-state index in [1.165, 1.54) is 25.3 Å². The quantitative estimate of drug-likeness (QED) is 0.403. The lowest BCUT2D eigenvalue weighted by atomic mass is 10.3. The summed E-state index contributed by atoms with van der Waals surface area (Å²) in [5, 5.41) is 14.7. The first kappa shape index (κ1) is 16.9. The summed E-state index contributed by atoms with van der Waals surface area (Å²) in [6, 6.07) is 10.5. The maximum absolute atomic E-state index is 13.9. The maximum atomic E-state index is 13.9. The van der Waals surface area contributed by atoms with Crippen LogP contribution in [-0.2, 0) is 0 Å². The Hall–Kier alpha value is -2.94. The zero-order valence-electron chi connectivity index (χ0n) is 12.8. The summed E-state index contributed by atoms with van der Waals surface area (Å²) in [5.41, 5.74) is -1.04. The second-order valence-corrected chi connectivity index (χ2v) is 5.79. The van der Waals surface area contributed by atoms with Crippen molar-refractivity contribution in [3.63, 3.8) is 0 Å². The summed E-state index contributed by atoms with van der Waals surface area (Å²) >= 11 is 3.12. The average molecular weight is 408 g/mol. The van der Waals surface area contributed by atoms with E-state index in [9.17, 15) is 14.3 Å². The molecule has 0 atom stereocenters. The molecule has 0 saturated carbocycles. The average Bonchev–Trinajstić information content (AvgIpc) is 2.99. The molecule has 0 spiro atoms. The lowest BCUT2D eigenvalue weighted by molar-refractivity contribution is -0.673. The third-order valence-electron chi connectivity index (χ3n) is 3.31. The Kier molecular flexibility index (Phi) is 4.66. The standard InChI is InChI=1S/C16H11BrFN3O4/c1-24-11-5-3-10(4-6-11)21-14(16(23)25-20-21)15(22)19-13-7-2-9(17)8-12(13)18/h2-8H,1H3,(H-,19,20,22,23). The highest BCUT2D eigenvalue weighted by molar-refractivity contribution is 9.10. The third kappa shape index (κ3) is 3.45. The number of hydrogen-bond donors (Lipinski definition) is 1. The van der Waals surface area contributed by atoms with Crippen LogP contribution in [0.15, 0.2) is 61.2 Å². The molecule has 128 valence electrons. The third-order valence-corrected chi connectivity index (χ3v) is 3.80. The predicted molar refractivity (Wildman–Crippen MR) is 87.7 cm³/mol. The Balaban J connectivity index is 2.06. The monoisotopic (exact) mass is 407 g/mol. The molecule has 0 unspecified atom stereocenters. The Morgan fingerprint density at radius 2 is 2.04 bits per heavy atom. The van der Waals surface area contributed by atoms with Crippen molar-refractivity contribution >= 4 is 27.5 Å². The number of aliphatic imine (C=N–C) groups is 1. The fraction of sp³-hybridized carbons (Fsp3) is 0.0625. The normalized spacial score (nSPS) is 11.6. The molecule has 25 heavy (non-hydrogen) atoms. The van der Waals surface area contributed by atoms with E-state index in [1.807, 2.05) is 0 Å². The van der Waals surface area contributed by atoms with Crippen molar-refractivity contribution in [1.82, 2.24) is 5.27 Å². The van der Waals surface area contributed by atoms with E-state index in [0.29, 0.717) is 15.9 Å². The predicted octanol–water partition coefficient (Wildman–Crippen LogP) is 1.59. The summed E-state index contributed by atoms with van der Waals surface area (Å²) < 4.78 is 25.2. The number of nitrogens with zero attached hydrogens (tertiary/aromatic N) is 2. The van der Waals surface area contributed by atoms with Gasteiger partial charge in [-0.3, -0.25) is 9.52 Å². The molecule has 2 aromatic carbocycles. The Morgan fingerprint density at radius 3 is 2.68 bits per heavy atom. The molecule has 0 aliphatic heterocycles. The summed E-state index contributed by atoms with van der Waals surface area (Å²) in [6.07, 6.45) is 0. The van der Waals surface area contributed by atoms with Crippen molar-refractivity contribution in [2.45, 2.75) is 0 Å². The van der Waals surface area contributed by atoms with Crippen molar-refractivity contribution in [1.29, 1.82) is 0 Å². The fourth-order valence-corrected chi connectivity index (χ4v) is 2.44. The molecular weight excluding hydrogens is 397 g/mol. The zero-order chi connectivity index (χ0) is 18.0. The molecule has 3 aromatic rings. The molecular formula is C16H11BrFN3O4. The molecule has 1 heterocycles. The first-order chi connectivity index (χ1) is 12.0. The Bertz CT molecular complexity index is 995. The molecule has 0 aliphatic rings. The number of methoxy groups -OCH3 is 1. The van der Waals surface area contributed by atoms with Crippen molar-refractivity contribution in [2.24, 2.45) is 4.99 Å². The maximum Gasteiger partial charge on any atom is 0.436 e. The number of nitrogens with one attached hydrogen (secondary N) is 1. The fourth-order valence-electron chi connectivity index (χ4n) is 2.10. The molecule has 3 rings (SSSR count). The van der Waals surface area contributed by atoms with E-state index >= 15 is 0 Å². The largest absolute Gasteiger partial charge is 0.854 e. The Morgan fingerprint density at radius 1 is 1.32 bits per heavy atom. The number of H-pyrrole nitrogens is 1. The smallest absolute Gasteiger partial charge is 0.436 e. The molecule has 7 nitrogen and oxygen atoms in total. The van der Waals surface area contributed by atoms with Gasteiger partial charge in [0.15, 0.2) is 0 Å². The van der Waals surface area contributed by atoms with Gasteiger partial charge >= 0.3 is 11.3 Å². The van der Waals surface area contributed by atoms with Gasteiger partial charge in [0.05, 0.1) is 18.7 Å². The highest BCUT2D eigenvalue weighted by Crippen LogP contribution is 2.22. The minimum atomic E-state index is -0.938. The first-order valence-corrected chi connectivity index (χ1v) is 7.78. The van der Waals surface area contributed by atoms with E-state index < -0.39 is 17.3 Å². The topological polar surface area (TPSA) is 94.5 Å². The van der Waals surface area contributed by atoms with E-state index in [-0.39, 0.29) is 11.4 Å². The van der Waals surface area contributed by atoms with Gasteiger partial charge in [0.25, 0.3) is 0 Å². The van der Waals surface area contributed by atoms with Crippen molar-refractivity contribution in [3.05, 3.63) is 68.9 Å². The molecule has 0 amide bonds. The van der Waals surface area contributed by atoms with E-state index in [2.05, 4.69) is 30.7 Å². The summed E-state index contributed by atoms with van der Waals surface area (Å²) in [6.45, 7) is 0. The minimum absolute atomic E-state index is 0.185. The van der Waals surface area contributed by atoms with Gasteiger partial charge in [0, 0.05) is 16.6 Å². The molecule has 1 aromatic heterocycles. The van der Waals surface area contributed by atoms with Crippen molar-refractivity contribution in [3.8, 4) is 11.4 Å². The Labute approximate surface area is 149 Å². The van der Waals surface area contributed by atoms with Gasteiger partial charge < -0.3 is 9.84 Å². The van der Waals surface area contributed by atoms with Crippen molar-refractivity contribution in [2.75, 3.05) is 7.11 Å². The van der Waals surface area contributed by atoms with Crippen LogP contribution in [0.25, 0.3) is 5.69 Å². The van der Waals surface area contributed by atoms with Crippen LogP contribution in [0.5, 0.6) is 5.75 Å². The molecule has 0 bridgehead atoms. The van der Waals surface area contributed by atoms with Gasteiger partial charge in [-0.15, -0.1) is 0 Å². The van der Waals surface area contributed by atoms with Crippen LogP contribution in [0.3, 0.4) is 0 Å². The molecule has 0 aliphatic carbocycles. The number of ether oxygens (including phenoxy) is 1. The zero-order valence-corrected chi connectivity index (χ0v) is 14.4. The number of hydrogen-bond acceptors (Lipinski definition) is 5. The molecule has 0 saturated heterocycles. The summed E-state index contributed by atoms with van der Waals surface area (Å²) in [4.78, 5) is 15.5. The second-order valence-electron chi connectivity index (χ2n) is 4.88. The minimum Gasteiger partial charge on any atom is -0.854 e. The van der Waals surface area contributed by atoms with E-state index in [4.69, 9.17) is 4.74 Å². The van der Waals surface area contributed by atoms with Gasteiger partial charge in [-0.25, -0.2) is 9.18 Å². The lowest BCUT2D eigenvalue weighted by Gasteiger charge is -2.05. The van der Waals surface area contributed by atoms with Crippen LogP contribution in [0.1, 0.15) is 5.69 Å². The summed E-state index contributed by atoms with van der Waals surface area (Å²) in [7, 11) is 1.52. The molecule has 0 radical (unpaired) electrons. The van der Waals surface area contributed by atoms with Gasteiger partial charge in [-0.05, 0) is 40.3 Å². The number of benzene rings is 2. The van der Waals surface area contributed by atoms with Crippen LogP contribution in [0, 0.1) is 5.82 Å². The number of aromatic amines is 1. The molecule has 0 fully saturated rings. The van der Waals surface area contributed by atoms with Crippen molar-refractivity contribution < 1.29 is 23.4 Å². The summed E-state index contributed by atoms with van der Waals surface area (Å²) in [5.74, 6) is -1.03. The van der Waals surface area contributed by atoms with Crippen LogP contribution in [-0.4, -0.2) is 18.3 Å². The lowest BCUT2D eigenvalue weighted by Crippen LogP contribution is -2.44. The van der Waals surface area contributed by atoms with Crippen LogP contribution < -0.4 is 20.2 Å². The van der Waals surface area contributed by atoms with E-state index in [0.717, 1.165) is 4.68 Å². The number of rotatable bonds is 4. The molecule has 1 N–H and O–H groups in total. The van der Waals surface area contributed by atoms with Crippen LogP contribution in [0.4, 0.5) is 10.1 Å².